The van der Waals surface area contributed by atoms with E-state index in [-0.39, 0.29) is 49.1 Å². The number of piperazine rings is 1. The van der Waals surface area contributed by atoms with Gasteiger partial charge in [-0.05, 0) is 62.9 Å². The lowest BCUT2D eigenvalue weighted by atomic mass is 9.96. The molecule has 2 fully saturated rings. The molecule has 2 aromatic carbocycles. The van der Waals surface area contributed by atoms with Crippen molar-refractivity contribution in [2.75, 3.05) is 32.7 Å². The Morgan fingerprint density at radius 3 is 2.47 bits per heavy atom. The van der Waals surface area contributed by atoms with Gasteiger partial charge < -0.3 is 9.80 Å². The topological polar surface area (TPSA) is 116 Å². The third-order valence-corrected chi connectivity index (χ3v) is 12.4. The van der Waals surface area contributed by atoms with Crippen molar-refractivity contribution in [3.63, 3.8) is 0 Å². The number of imide groups is 1. The molecule has 2 unspecified atom stereocenters. The first-order valence-electron chi connectivity index (χ1n) is 17.5. The van der Waals surface area contributed by atoms with E-state index in [9.17, 15) is 14.4 Å². The van der Waals surface area contributed by atoms with Crippen LogP contribution in [0.5, 0.6) is 0 Å². The molecule has 2 N–H and O–H groups in total. The highest BCUT2D eigenvalue weighted by Crippen LogP contribution is 2.43. The van der Waals surface area contributed by atoms with E-state index in [1.807, 2.05) is 19.1 Å². The molecule has 3 amide bonds. The smallest absolute Gasteiger partial charge is 0.255 e. The van der Waals surface area contributed by atoms with Gasteiger partial charge in [0, 0.05) is 77.8 Å². The van der Waals surface area contributed by atoms with Gasteiger partial charge in [0.05, 0.1) is 18.6 Å². The van der Waals surface area contributed by atoms with Crippen LogP contribution < -0.4 is 10.6 Å². The van der Waals surface area contributed by atoms with E-state index < -0.39 is 11.9 Å². The van der Waals surface area contributed by atoms with Gasteiger partial charge in [-0.15, -0.1) is 21.5 Å². The Hall–Kier alpha value is -4.01. The van der Waals surface area contributed by atoms with Gasteiger partial charge in [0.15, 0.2) is 5.82 Å². The summed E-state index contributed by atoms with van der Waals surface area (Å²) < 4.78 is 18.1. The first-order chi connectivity index (χ1) is 24.6. The number of piperidine rings is 1. The minimum Gasteiger partial charge on any atom is -0.322 e. The van der Waals surface area contributed by atoms with Crippen LogP contribution in [0.15, 0.2) is 36.4 Å². The van der Waals surface area contributed by atoms with Crippen molar-refractivity contribution in [3.8, 4) is 5.00 Å². The largest absolute Gasteiger partial charge is 0.322 e. The zero-order valence-corrected chi connectivity index (χ0v) is 30.4. The molecule has 266 valence electrons. The molecule has 3 atom stereocenters. The van der Waals surface area contributed by atoms with Crippen LogP contribution in [-0.4, -0.2) is 86.0 Å². The second kappa shape index (κ2) is 13.5. The zero-order valence-electron chi connectivity index (χ0n) is 28.8. The molecule has 8 rings (SSSR count). The van der Waals surface area contributed by atoms with Crippen molar-refractivity contribution in [3.05, 3.63) is 97.1 Å². The molecule has 0 spiro atoms. The number of fused-ring (bicyclic) bond motifs is 4. The number of benzene rings is 2. The monoisotopic (exact) mass is 730 g/mol. The molecular formula is C37H40ClFN8O3S. The molecule has 4 aliphatic heterocycles. The first-order valence-corrected chi connectivity index (χ1v) is 18.7. The summed E-state index contributed by atoms with van der Waals surface area (Å²) in [5.74, 6) is 0.199. The number of aromatic nitrogens is 3. The number of rotatable bonds is 7. The average Bonchev–Trinajstić information content (AvgIpc) is 3.72. The summed E-state index contributed by atoms with van der Waals surface area (Å²) in [6.07, 6.45) is 1.25. The van der Waals surface area contributed by atoms with Crippen molar-refractivity contribution >= 4 is 40.7 Å². The fourth-order valence-electron chi connectivity index (χ4n) is 7.98. The van der Waals surface area contributed by atoms with E-state index in [0.29, 0.717) is 28.3 Å². The molecule has 11 nitrogen and oxygen atoms in total. The normalized spacial score (nSPS) is 22.5. The van der Waals surface area contributed by atoms with E-state index in [2.05, 4.69) is 56.1 Å². The van der Waals surface area contributed by atoms with Crippen LogP contribution in [0.2, 0.25) is 5.02 Å². The van der Waals surface area contributed by atoms with Gasteiger partial charge in [0.1, 0.15) is 22.7 Å². The number of amides is 3. The van der Waals surface area contributed by atoms with Gasteiger partial charge in [0.25, 0.3) is 5.91 Å². The standard InChI is InChI=1S/C37H40ClFN8O3S/c1-20-21(2)51-37-31(20)33(23-4-7-25(38)8-5-23)40-28(34-43-42-22(3)47(34)37)12-13-44-14-16-45(17-15-44)18-24-6-9-26-27(32(24)39)19-46(36(26)50)29-10-11-30(48)41-35(29)49/h4-9,28-29,33,40H,10-19H2,1-3H3,(H,41,48,49)/t28?,29?,33-/m0/s1. The molecule has 0 saturated carbocycles. The lowest BCUT2D eigenvalue weighted by Crippen LogP contribution is -2.52. The second-order valence-corrected chi connectivity index (χ2v) is 15.7. The number of halogens is 2. The number of aryl methyl sites for hydroxylation is 2. The minimum atomic E-state index is -0.767. The lowest BCUT2D eigenvalue weighted by Gasteiger charge is -2.35. The second-order valence-electron chi connectivity index (χ2n) is 14.0. The Morgan fingerprint density at radius 1 is 0.980 bits per heavy atom. The predicted octanol–water partition coefficient (Wildman–Crippen LogP) is 4.75. The molecule has 4 aromatic rings. The van der Waals surface area contributed by atoms with E-state index in [1.54, 1.807) is 23.5 Å². The van der Waals surface area contributed by atoms with Crippen LogP contribution in [0.25, 0.3) is 5.00 Å². The zero-order chi connectivity index (χ0) is 35.6. The Morgan fingerprint density at radius 2 is 1.73 bits per heavy atom. The average molecular weight is 731 g/mol. The predicted molar refractivity (Wildman–Crippen MR) is 191 cm³/mol. The fourth-order valence-corrected chi connectivity index (χ4v) is 9.35. The Kier molecular flexibility index (Phi) is 9.04. The van der Waals surface area contributed by atoms with Crippen LogP contribution in [0, 0.1) is 26.6 Å². The van der Waals surface area contributed by atoms with Gasteiger partial charge in [0.2, 0.25) is 11.8 Å². The minimum absolute atomic E-state index is 0.0289. The number of hydrogen-bond donors (Lipinski definition) is 2. The number of nitrogens with one attached hydrogen (secondary N) is 2. The molecular weight excluding hydrogens is 691 g/mol. The molecule has 14 heteroatoms. The Balaban J connectivity index is 0.928. The molecule has 51 heavy (non-hydrogen) atoms. The van der Waals surface area contributed by atoms with Gasteiger partial charge >= 0.3 is 0 Å². The number of thiophene rings is 1. The Labute approximate surface area is 304 Å². The molecule has 0 radical (unpaired) electrons. The first kappa shape index (κ1) is 34.1. The number of hydrogen-bond acceptors (Lipinski definition) is 9. The van der Waals surface area contributed by atoms with Crippen LogP contribution >= 0.6 is 22.9 Å². The molecule has 4 aliphatic rings. The van der Waals surface area contributed by atoms with Crippen molar-refractivity contribution in [2.45, 2.75) is 71.2 Å². The van der Waals surface area contributed by atoms with Gasteiger partial charge in [-0.3, -0.25) is 34.5 Å². The molecule has 0 aliphatic carbocycles. The maximum Gasteiger partial charge on any atom is 0.255 e. The maximum absolute atomic E-state index is 15.9. The summed E-state index contributed by atoms with van der Waals surface area (Å²) >= 11 is 8.07. The van der Waals surface area contributed by atoms with Gasteiger partial charge in [-0.1, -0.05) is 29.8 Å². The van der Waals surface area contributed by atoms with E-state index >= 15 is 4.39 Å². The summed E-state index contributed by atoms with van der Waals surface area (Å²) in [6.45, 7) is 11.0. The third kappa shape index (κ3) is 6.18. The van der Waals surface area contributed by atoms with E-state index in [1.165, 1.54) is 20.9 Å². The highest BCUT2D eigenvalue weighted by Gasteiger charge is 2.41. The fraction of sp³-hybridized carbons (Fsp3) is 0.432. The van der Waals surface area contributed by atoms with Crippen LogP contribution in [0.4, 0.5) is 4.39 Å². The number of carbonyl (C=O) groups excluding carboxylic acids is 3. The summed E-state index contributed by atoms with van der Waals surface area (Å²) in [5.41, 5.74) is 4.86. The summed E-state index contributed by atoms with van der Waals surface area (Å²) in [5, 5.41) is 17.3. The highest BCUT2D eigenvalue weighted by atomic mass is 35.5. The summed E-state index contributed by atoms with van der Waals surface area (Å²) in [4.78, 5) is 44.5. The van der Waals surface area contributed by atoms with E-state index in [4.69, 9.17) is 16.7 Å². The van der Waals surface area contributed by atoms with Crippen molar-refractivity contribution in [1.29, 1.82) is 0 Å². The molecule has 2 saturated heterocycles. The van der Waals surface area contributed by atoms with E-state index in [0.717, 1.165) is 61.4 Å². The quantitative estimate of drug-likeness (QED) is 0.262. The summed E-state index contributed by atoms with van der Waals surface area (Å²) in [7, 11) is 0. The molecule has 0 bridgehead atoms. The third-order valence-electron chi connectivity index (χ3n) is 11.0. The number of nitrogens with zero attached hydrogens (tertiary/aromatic N) is 6. The summed E-state index contributed by atoms with van der Waals surface area (Å²) in [6, 6.07) is 10.6. The van der Waals surface area contributed by atoms with Crippen LogP contribution in [0.1, 0.15) is 86.0 Å². The van der Waals surface area contributed by atoms with Crippen molar-refractivity contribution in [2.24, 2.45) is 0 Å². The number of carbonyl (C=O) groups is 3. The molecule has 6 heterocycles. The lowest BCUT2D eigenvalue weighted by molar-refractivity contribution is -0.136. The van der Waals surface area contributed by atoms with Crippen molar-refractivity contribution in [1.82, 2.24) is 40.1 Å². The Bertz CT molecular complexity index is 2040. The van der Waals surface area contributed by atoms with Gasteiger partial charge in [-0.25, -0.2) is 4.39 Å². The van der Waals surface area contributed by atoms with Crippen LogP contribution in [0.3, 0.4) is 0 Å². The van der Waals surface area contributed by atoms with Gasteiger partial charge in [-0.2, -0.15) is 0 Å². The highest BCUT2D eigenvalue weighted by molar-refractivity contribution is 7.14. The maximum atomic E-state index is 15.9. The molecule has 2 aromatic heterocycles. The van der Waals surface area contributed by atoms with Crippen LogP contribution in [-0.2, 0) is 22.7 Å². The van der Waals surface area contributed by atoms with Crippen molar-refractivity contribution < 1.29 is 18.8 Å². The SMILES string of the molecule is Cc1sc2c(c1C)[C@H](c1ccc(Cl)cc1)NC(CCN1CCN(Cc3ccc4c(c3F)CN(C3CCC(=O)NC3=O)C4=O)CC1)c1nnc(C)n1-2.